The molecule has 2 bridgehead atoms. The van der Waals surface area contributed by atoms with Crippen molar-refractivity contribution < 1.29 is 9.53 Å². The Hall–Kier alpha value is -1.82. The van der Waals surface area contributed by atoms with E-state index in [-0.39, 0.29) is 0 Å². The maximum atomic E-state index is 11.8. The van der Waals surface area contributed by atoms with Crippen LogP contribution in [0.15, 0.2) is 12.3 Å². The van der Waals surface area contributed by atoms with Gasteiger partial charge in [-0.15, -0.1) is 0 Å². The van der Waals surface area contributed by atoms with Gasteiger partial charge >= 0.3 is 5.97 Å². The highest BCUT2D eigenvalue weighted by Crippen LogP contribution is 2.32. The molecule has 2 N–H and O–H groups in total. The van der Waals surface area contributed by atoms with Gasteiger partial charge in [-0.1, -0.05) is 0 Å². The highest BCUT2D eigenvalue weighted by atomic mass is 16.5. The molecule has 1 aromatic heterocycles. The summed E-state index contributed by atoms with van der Waals surface area (Å²) in [6.45, 7) is 1.84. The molecule has 2 fully saturated rings. The van der Waals surface area contributed by atoms with E-state index in [1.165, 1.54) is 20.0 Å². The van der Waals surface area contributed by atoms with Crippen LogP contribution in [0, 0.1) is 0 Å². The van der Waals surface area contributed by atoms with Gasteiger partial charge in [0, 0.05) is 31.4 Å². The fraction of sp³-hybridized carbons (Fsp3) is 0.600. The fourth-order valence-corrected chi connectivity index (χ4v) is 3.50. The first-order chi connectivity index (χ1) is 10.1. The minimum Gasteiger partial charge on any atom is -0.465 e. The molecule has 0 radical (unpaired) electrons. The molecule has 2 atom stereocenters. The van der Waals surface area contributed by atoms with Crippen LogP contribution >= 0.6 is 0 Å². The summed E-state index contributed by atoms with van der Waals surface area (Å²) in [5.74, 6) is 0.295. The van der Waals surface area contributed by atoms with Crippen molar-refractivity contribution in [2.24, 2.45) is 0 Å². The van der Waals surface area contributed by atoms with Crippen LogP contribution in [0.3, 0.4) is 0 Å². The lowest BCUT2D eigenvalue weighted by Gasteiger charge is -2.27. The summed E-state index contributed by atoms with van der Waals surface area (Å²) < 4.78 is 4.78. The number of carbonyl (C=O) groups is 1. The molecule has 2 unspecified atom stereocenters. The van der Waals surface area contributed by atoms with Crippen molar-refractivity contribution in [2.75, 3.05) is 37.9 Å². The van der Waals surface area contributed by atoms with Gasteiger partial charge in [0.2, 0.25) is 0 Å². The molecule has 2 aliphatic heterocycles. The first-order valence-corrected chi connectivity index (χ1v) is 7.41. The molecule has 0 aliphatic carbocycles. The van der Waals surface area contributed by atoms with Crippen LogP contribution in [0.25, 0.3) is 0 Å². The van der Waals surface area contributed by atoms with Gasteiger partial charge in [-0.05, 0) is 32.4 Å². The van der Waals surface area contributed by atoms with Gasteiger partial charge in [0.25, 0.3) is 0 Å². The van der Waals surface area contributed by atoms with Gasteiger partial charge in [-0.2, -0.15) is 0 Å². The lowest BCUT2D eigenvalue weighted by Crippen LogP contribution is -2.37. The van der Waals surface area contributed by atoms with Gasteiger partial charge in [0.1, 0.15) is 0 Å². The van der Waals surface area contributed by atoms with Crippen molar-refractivity contribution in [3.8, 4) is 0 Å². The second-order valence-corrected chi connectivity index (χ2v) is 5.87. The highest BCUT2D eigenvalue weighted by molar-refractivity contribution is 5.97. The van der Waals surface area contributed by atoms with Crippen LogP contribution < -0.4 is 10.6 Å². The third kappa shape index (κ3) is 2.44. The molecule has 6 nitrogen and oxygen atoms in total. The molecule has 0 saturated carbocycles. The molecule has 3 rings (SSSR count). The van der Waals surface area contributed by atoms with Gasteiger partial charge in [0.05, 0.1) is 18.4 Å². The Morgan fingerprint density at radius 2 is 2.14 bits per heavy atom. The van der Waals surface area contributed by atoms with Crippen LogP contribution in [0.1, 0.15) is 29.6 Å². The molecule has 0 amide bonds. The summed E-state index contributed by atoms with van der Waals surface area (Å²) in [7, 11) is 3.56. The summed E-state index contributed by atoms with van der Waals surface area (Å²) >= 11 is 0. The topological polar surface area (TPSA) is 71.7 Å². The molecule has 2 saturated heterocycles. The number of hydrogen-bond acceptors (Lipinski definition) is 6. The fourth-order valence-electron chi connectivity index (χ4n) is 3.50. The molecule has 0 aromatic carbocycles. The minimum atomic E-state index is -0.412. The Kier molecular flexibility index (Phi) is 3.71. The molecule has 0 spiro atoms. The lowest BCUT2D eigenvalue weighted by atomic mass is 10.1. The van der Waals surface area contributed by atoms with E-state index in [9.17, 15) is 4.79 Å². The van der Waals surface area contributed by atoms with E-state index in [0.717, 1.165) is 19.5 Å². The zero-order chi connectivity index (χ0) is 15.0. The van der Waals surface area contributed by atoms with Crippen molar-refractivity contribution in [1.82, 2.24) is 9.88 Å². The number of ether oxygens (including phenoxy) is 1. The van der Waals surface area contributed by atoms with Gasteiger partial charge in [0.15, 0.2) is 5.82 Å². The summed E-state index contributed by atoms with van der Waals surface area (Å²) in [6, 6.07) is 2.81. The zero-order valence-electron chi connectivity index (χ0n) is 12.6. The highest BCUT2D eigenvalue weighted by Gasteiger charge is 2.35. The van der Waals surface area contributed by atoms with Crippen molar-refractivity contribution in [1.29, 1.82) is 0 Å². The number of pyridine rings is 1. The van der Waals surface area contributed by atoms with Crippen LogP contribution in [-0.2, 0) is 4.74 Å². The quantitative estimate of drug-likeness (QED) is 0.823. The summed E-state index contributed by atoms with van der Waals surface area (Å²) in [6.07, 6.45) is 5.23. The number of nitrogen functional groups attached to an aromatic ring is 1. The first kappa shape index (κ1) is 14.1. The van der Waals surface area contributed by atoms with Crippen molar-refractivity contribution in [3.63, 3.8) is 0 Å². The molecule has 1 aromatic rings. The normalized spacial score (nSPS) is 25.7. The van der Waals surface area contributed by atoms with E-state index in [0.29, 0.717) is 29.2 Å². The summed E-state index contributed by atoms with van der Waals surface area (Å²) in [4.78, 5) is 20.8. The Labute approximate surface area is 124 Å². The summed E-state index contributed by atoms with van der Waals surface area (Å²) in [5, 5.41) is 0. The van der Waals surface area contributed by atoms with Gasteiger partial charge < -0.3 is 15.4 Å². The third-order valence-electron chi connectivity index (χ3n) is 4.82. The number of aromatic nitrogens is 1. The molecular weight excluding hydrogens is 268 g/mol. The predicted octanol–water partition coefficient (Wildman–Crippen LogP) is 1.12. The lowest BCUT2D eigenvalue weighted by molar-refractivity contribution is 0.0602. The third-order valence-corrected chi connectivity index (χ3v) is 4.82. The summed E-state index contributed by atoms with van der Waals surface area (Å²) in [5.41, 5.74) is 6.97. The predicted molar refractivity (Wildman–Crippen MR) is 81.4 cm³/mol. The number of anilines is 2. The molecule has 2 aliphatic rings. The van der Waals surface area contributed by atoms with E-state index in [4.69, 9.17) is 10.5 Å². The minimum absolute atomic E-state index is 0.394. The molecular formula is C15H22N4O2. The van der Waals surface area contributed by atoms with E-state index < -0.39 is 5.97 Å². The number of nitrogens with two attached hydrogens (primary N) is 1. The average Bonchev–Trinajstić information content (AvgIpc) is 2.72. The van der Waals surface area contributed by atoms with Gasteiger partial charge in [-0.3, -0.25) is 4.90 Å². The molecule has 114 valence electrons. The molecule has 6 heteroatoms. The number of hydrogen-bond donors (Lipinski definition) is 1. The maximum absolute atomic E-state index is 11.8. The number of nitrogens with zero attached hydrogens (tertiary/aromatic N) is 3. The van der Waals surface area contributed by atoms with E-state index in [1.807, 2.05) is 0 Å². The number of carbonyl (C=O) groups excluding carboxylic acids is 1. The Balaban J connectivity index is 1.89. The SMILES string of the molecule is COC(=O)c1ccnc(N2CCC3CCC(C2)N3C)c1N. The first-order valence-electron chi connectivity index (χ1n) is 7.41. The average molecular weight is 290 g/mol. The largest absolute Gasteiger partial charge is 0.465 e. The van der Waals surface area contributed by atoms with Crippen LogP contribution in [0.5, 0.6) is 0 Å². The number of fused-ring (bicyclic) bond motifs is 2. The number of rotatable bonds is 2. The second kappa shape index (κ2) is 5.52. The van der Waals surface area contributed by atoms with Crippen LogP contribution in [0.2, 0.25) is 0 Å². The van der Waals surface area contributed by atoms with E-state index in [2.05, 4.69) is 21.8 Å². The van der Waals surface area contributed by atoms with Crippen molar-refractivity contribution in [2.45, 2.75) is 31.3 Å². The van der Waals surface area contributed by atoms with E-state index >= 15 is 0 Å². The maximum Gasteiger partial charge on any atom is 0.340 e. The Morgan fingerprint density at radius 1 is 1.38 bits per heavy atom. The number of likely N-dealkylation sites (N-methyl/N-ethyl adjacent to an activating group) is 1. The number of methoxy groups -OCH3 is 1. The molecule has 21 heavy (non-hydrogen) atoms. The smallest absolute Gasteiger partial charge is 0.340 e. The molecule has 3 heterocycles. The van der Waals surface area contributed by atoms with Crippen molar-refractivity contribution in [3.05, 3.63) is 17.8 Å². The monoisotopic (exact) mass is 290 g/mol. The van der Waals surface area contributed by atoms with Crippen LogP contribution in [-0.4, -0.2) is 55.2 Å². The van der Waals surface area contributed by atoms with E-state index in [1.54, 1.807) is 12.3 Å². The number of esters is 1. The van der Waals surface area contributed by atoms with Gasteiger partial charge in [-0.25, -0.2) is 9.78 Å². The standard InChI is InChI=1S/C15H22N4O2/c1-18-10-3-4-11(18)9-19(8-6-10)14-13(16)12(5-7-17-14)15(20)21-2/h5,7,10-11H,3-4,6,8-9,16H2,1-2H3. The van der Waals surface area contributed by atoms with Crippen molar-refractivity contribution >= 4 is 17.5 Å². The van der Waals surface area contributed by atoms with Crippen LogP contribution in [0.4, 0.5) is 11.5 Å². The zero-order valence-corrected chi connectivity index (χ0v) is 12.6. The Morgan fingerprint density at radius 3 is 2.90 bits per heavy atom. The second-order valence-electron chi connectivity index (χ2n) is 5.87. The Bertz CT molecular complexity index is 548.